The normalized spacial score (nSPS) is 15.8. The number of hydrogen-bond acceptors (Lipinski definition) is 4. The highest BCUT2D eigenvalue weighted by Crippen LogP contribution is 2.29. The number of nitrogens with one attached hydrogen (secondary N) is 1. The van der Waals surface area contributed by atoms with Crippen molar-refractivity contribution < 1.29 is 4.74 Å². The first-order valence-electron chi connectivity index (χ1n) is 8.56. The summed E-state index contributed by atoms with van der Waals surface area (Å²) in [4.78, 5) is 6.71. The predicted octanol–water partition coefficient (Wildman–Crippen LogP) is 3.36. The standard InChI is InChI=1S/C20H25N3O/c1-24-20-10-3-2-9-19(20)23-15-11-18(12-16-23)22-14-6-8-17-7-4-5-13-21-17/h2-10,13,18,22H,11-12,14-16H2,1H3/b8-6+. The fourth-order valence-corrected chi connectivity index (χ4v) is 3.10. The third-order valence-corrected chi connectivity index (χ3v) is 4.42. The van der Waals surface area contributed by atoms with E-state index in [1.807, 2.05) is 36.5 Å². The molecule has 1 N–H and O–H groups in total. The van der Waals surface area contributed by atoms with Crippen molar-refractivity contribution in [1.29, 1.82) is 0 Å². The molecule has 126 valence electrons. The summed E-state index contributed by atoms with van der Waals surface area (Å²) in [7, 11) is 1.74. The van der Waals surface area contributed by atoms with Gasteiger partial charge in [-0.05, 0) is 43.2 Å². The third kappa shape index (κ3) is 4.36. The van der Waals surface area contributed by atoms with Crippen molar-refractivity contribution in [1.82, 2.24) is 10.3 Å². The van der Waals surface area contributed by atoms with Gasteiger partial charge in [0.05, 0.1) is 18.5 Å². The number of ether oxygens (including phenoxy) is 1. The fraction of sp³-hybridized carbons (Fsp3) is 0.350. The van der Waals surface area contributed by atoms with Crippen molar-refractivity contribution in [3.8, 4) is 5.75 Å². The van der Waals surface area contributed by atoms with Crippen LogP contribution < -0.4 is 15.0 Å². The Morgan fingerprint density at radius 3 is 2.71 bits per heavy atom. The number of aromatic nitrogens is 1. The van der Waals surface area contributed by atoms with Gasteiger partial charge in [-0.3, -0.25) is 4.98 Å². The van der Waals surface area contributed by atoms with Crippen molar-refractivity contribution in [2.45, 2.75) is 18.9 Å². The summed E-state index contributed by atoms with van der Waals surface area (Å²) >= 11 is 0. The van der Waals surface area contributed by atoms with Crippen LogP contribution in [0.3, 0.4) is 0 Å². The van der Waals surface area contributed by atoms with Gasteiger partial charge in [-0.1, -0.05) is 24.3 Å². The Labute approximate surface area is 144 Å². The maximum Gasteiger partial charge on any atom is 0.142 e. The summed E-state index contributed by atoms with van der Waals surface area (Å²) in [5.74, 6) is 0.960. The van der Waals surface area contributed by atoms with Gasteiger partial charge in [0, 0.05) is 31.9 Å². The van der Waals surface area contributed by atoms with Gasteiger partial charge in [0.25, 0.3) is 0 Å². The van der Waals surface area contributed by atoms with E-state index in [-0.39, 0.29) is 0 Å². The van der Waals surface area contributed by atoms with E-state index >= 15 is 0 Å². The molecule has 4 nitrogen and oxygen atoms in total. The molecule has 4 heteroatoms. The molecule has 1 aliphatic heterocycles. The Hall–Kier alpha value is -2.33. The first-order chi connectivity index (χ1) is 11.9. The van der Waals surface area contributed by atoms with Gasteiger partial charge in [-0.25, -0.2) is 0 Å². The summed E-state index contributed by atoms with van der Waals surface area (Å²) in [5.41, 5.74) is 2.21. The van der Waals surface area contributed by atoms with Crippen molar-refractivity contribution in [3.63, 3.8) is 0 Å². The van der Waals surface area contributed by atoms with Crippen LogP contribution in [0.25, 0.3) is 6.08 Å². The molecule has 0 radical (unpaired) electrons. The summed E-state index contributed by atoms with van der Waals surface area (Å²) in [6, 6.07) is 14.8. The SMILES string of the molecule is COc1ccccc1N1CCC(NC/C=C/c2ccccn2)CC1. The molecule has 0 spiro atoms. The number of anilines is 1. The molecule has 0 amide bonds. The lowest BCUT2D eigenvalue weighted by molar-refractivity contribution is 0.403. The molecule has 2 aromatic rings. The second-order valence-electron chi connectivity index (χ2n) is 6.00. The molecule has 24 heavy (non-hydrogen) atoms. The Morgan fingerprint density at radius 2 is 1.96 bits per heavy atom. The zero-order valence-electron chi connectivity index (χ0n) is 14.2. The molecule has 1 fully saturated rings. The fourth-order valence-electron chi connectivity index (χ4n) is 3.10. The maximum absolute atomic E-state index is 5.47. The molecule has 0 bridgehead atoms. The minimum Gasteiger partial charge on any atom is -0.495 e. The van der Waals surface area contributed by atoms with E-state index in [1.165, 1.54) is 5.69 Å². The van der Waals surface area contributed by atoms with Crippen LogP contribution in [0, 0.1) is 0 Å². The lowest BCUT2D eigenvalue weighted by atomic mass is 10.0. The molecule has 1 saturated heterocycles. The monoisotopic (exact) mass is 323 g/mol. The molecule has 0 saturated carbocycles. The predicted molar refractivity (Wildman–Crippen MR) is 99.5 cm³/mol. The van der Waals surface area contributed by atoms with Crippen LogP contribution in [0.15, 0.2) is 54.7 Å². The zero-order valence-corrected chi connectivity index (χ0v) is 14.2. The Balaban J connectivity index is 1.45. The molecular formula is C20H25N3O. The molecular weight excluding hydrogens is 298 g/mol. The number of methoxy groups -OCH3 is 1. The quantitative estimate of drug-likeness (QED) is 0.884. The summed E-state index contributed by atoms with van der Waals surface area (Å²) in [6.45, 7) is 3.00. The van der Waals surface area contributed by atoms with Crippen LogP contribution >= 0.6 is 0 Å². The number of benzene rings is 1. The number of nitrogens with zero attached hydrogens (tertiary/aromatic N) is 2. The Morgan fingerprint density at radius 1 is 1.17 bits per heavy atom. The largest absolute Gasteiger partial charge is 0.495 e. The molecule has 0 atom stereocenters. The minimum absolute atomic E-state index is 0.573. The topological polar surface area (TPSA) is 37.4 Å². The van der Waals surface area contributed by atoms with E-state index < -0.39 is 0 Å². The van der Waals surface area contributed by atoms with Gasteiger partial charge in [-0.15, -0.1) is 0 Å². The van der Waals surface area contributed by atoms with Crippen molar-refractivity contribution in [2.24, 2.45) is 0 Å². The van der Waals surface area contributed by atoms with E-state index in [1.54, 1.807) is 7.11 Å². The van der Waals surface area contributed by atoms with E-state index in [4.69, 9.17) is 4.74 Å². The number of para-hydroxylation sites is 2. The highest BCUT2D eigenvalue weighted by atomic mass is 16.5. The van der Waals surface area contributed by atoms with Crippen LogP contribution in [-0.4, -0.2) is 37.8 Å². The highest BCUT2D eigenvalue weighted by molar-refractivity contribution is 5.58. The number of hydrogen-bond donors (Lipinski definition) is 1. The van der Waals surface area contributed by atoms with Crippen LogP contribution in [0.2, 0.25) is 0 Å². The van der Waals surface area contributed by atoms with Crippen LogP contribution in [0.1, 0.15) is 18.5 Å². The number of rotatable bonds is 6. The average molecular weight is 323 g/mol. The summed E-state index contributed by atoms with van der Waals surface area (Å²) < 4.78 is 5.47. The zero-order chi connectivity index (χ0) is 16.6. The molecule has 3 rings (SSSR count). The first kappa shape index (κ1) is 16.5. The van der Waals surface area contributed by atoms with E-state index in [0.29, 0.717) is 6.04 Å². The van der Waals surface area contributed by atoms with Crippen molar-refractivity contribution in [3.05, 3.63) is 60.4 Å². The lowest BCUT2D eigenvalue weighted by Crippen LogP contribution is -2.42. The maximum atomic E-state index is 5.47. The van der Waals surface area contributed by atoms with Crippen LogP contribution in [0.5, 0.6) is 5.75 Å². The van der Waals surface area contributed by atoms with E-state index in [9.17, 15) is 0 Å². The van der Waals surface area contributed by atoms with Gasteiger partial charge >= 0.3 is 0 Å². The molecule has 2 heterocycles. The van der Waals surface area contributed by atoms with Gasteiger partial charge < -0.3 is 15.0 Å². The van der Waals surface area contributed by atoms with Crippen LogP contribution in [0.4, 0.5) is 5.69 Å². The number of piperidine rings is 1. The van der Waals surface area contributed by atoms with Gasteiger partial charge in [0.15, 0.2) is 0 Å². The minimum atomic E-state index is 0.573. The van der Waals surface area contributed by atoms with E-state index in [2.05, 4.69) is 39.5 Å². The first-order valence-corrected chi connectivity index (χ1v) is 8.56. The lowest BCUT2D eigenvalue weighted by Gasteiger charge is -2.34. The average Bonchev–Trinajstić information content (AvgIpc) is 2.66. The van der Waals surface area contributed by atoms with Crippen molar-refractivity contribution >= 4 is 11.8 Å². The summed E-state index contributed by atoms with van der Waals surface area (Å²) in [5, 5.41) is 3.62. The van der Waals surface area contributed by atoms with Crippen LogP contribution in [-0.2, 0) is 0 Å². The molecule has 1 aromatic carbocycles. The second-order valence-corrected chi connectivity index (χ2v) is 6.00. The Bertz CT molecular complexity index is 649. The Kier molecular flexibility index (Phi) is 5.85. The molecule has 1 aromatic heterocycles. The smallest absolute Gasteiger partial charge is 0.142 e. The van der Waals surface area contributed by atoms with Gasteiger partial charge in [0.2, 0.25) is 0 Å². The molecule has 1 aliphatic rings. The van der Waals surface area contributed by atoms with Gasteiger partial charge in [-0.2, -0.15) is 0 Å². The second kappa shape index (κ2) is 8.50. The molecule has 0 unspecified atom stereocenters. The third-order valence-electron chi connectivity index (χ3n) is 4.42. The highest BCUT2D eigenvalue weighted by Gasteiger charge is 2.20. The number of pyridine rings is 1. The van der Waals surface area contributed by atoms with Gasteiger partial charge in [0.1, 0.15) is 5.75 Å². The summed E-state index contributed by atoms with van der Waals surface area (Å²) in [6.07, 6.45) is 8.33. The molecule has 0 aliphatic carbocycles. The van der Waals surface area contributed by atoms with E-state index in [0.717, 1.165) is 43.9 Å². The van der Waals surface area contributed by atoms with Crippen molar-refractivity contribution in [2.75, 3.05) is 31.6 Å².